The second-order valence-corrected chi connectivity index (χ2v) is 8.99. The van der Waals surface area contributed by atoms with Crippen LogP contribution in [-0.4, -0.2) is 19.4 Å². The number of hydrogen-bond acceptors (Lipinski definition) is 2. The lowest BCUT2D eigenvalue weighted by molar-refractivity contribution is 0.0693. The van der Waals surface area contributed by atoms with Crippen molar-refractivity contribution in [3.63, 3.8) is 0 Å². The van der Waals surface area contributed by atoms with Gasteiger partial charge in [0.15, 0.2) is 0 Å². The van der Waals surface area contributed by atoms with Crippen molar-refractivity contribution in [1.82, 2.24) is 0 Å². The zero-order chi connectivity index (χ0) is 12.5. The van der Waals surface area contributed by atoms with Gasteiger partial charge in [-0.25, -0.2) is 9.18 Å². The highest BCUT2D eigenvalue weighted by atomic mass is 28.4. The Bertz CT molecular complexity index is 424. The van der Waals surface area contributed by atoms with Crippen LogP contribution in [0.5, 0.6) is 5.75 Å². The SMILES string of the molecule is Cc1c(F)ccc(O[Si](C)(C)C)c1C(=O)O. The monoisotopic (exact) mass is 242 g/mol. The van der Waals surface area contributed by atoms with E-state index in [9.17, 15) is 9.18 Å². The predicted molar refractivity (Wildman–Crippen MR) is 62.1 cm³/mol. The maximum absolute atomic E-state index is 13.2. The van der Waals surface area contributed by atoms with Crippen LogP contribution in [0, 0.1) is 12.7 Å². The highest BCUT2D eigenvalue weighted by molar-refractivity contribution is 6.70. The zero-order valence-electron chi connectivity index (χ0n) is 9.80. The predicted octanol–water partition coefficient (Wildman–Crippen LogP) is 3.05. The Hall–Kier alpha value is -1.36. The number of benzene rings is 1. The largest absolute Gasteiger partial charge is 0.544 e. The number of carboxylic acids is 1. The summed E-state index contributed by atoms with van der Waals surface area (Å²) in [5.41, 5.74) is 0.0330. The fourth-order valence-electron chi connectivity index (χ4n) is 1.34. The molecule has 5 heteroatoms. The van der Waals surface area contributed by atoms with Gasteiger partial charge >= 0.3 is 5.97 Å². The van der Waals surface area contributed by atoms with Crippen LogP contribution < -0.4 is 4.43 Å². The molecule has 1 N–H and O–H groups in total. The summed E-state index contributed by atoms with van der Waals surface area (Å²) in [4.78, 5) is 11.0. The molecule has 0 aliphatic rings. The summed E-state index contributed by atoms with van der Waals surface area (Å²) in [6.07, 6.45) is 0. The number of hydrogen-bond donors (Lipinski definition) is 1. The van der Waals surface area contributed by atoms with Crippen molar-refractivity contribution < 1.29 is 18.7 Å². The van der Waals surface area contributed by atoms with E-state index in [0.717, 1.165) is 0 Å². The van der Waals surface area contributed by atoms with Crippen molar-refractivity contribution in [3.8, 4) is 5.75 Å². The summed E-state index contributed by atoms with van der Waals surface area (Å²) >= 11 is 0. The van der Waals surface area contributed by atoms with Crippen LogP contribution in [0.15, 0.2) is 12.1 Å². The molecule has 1 aromatic carbocycles. The molecule has 0 bridgehead atoms. The minimum atomic E-state index is -1.90. The van der Waals surface area contributed by atoms with Gasteiger partial charge in [-0.1, -0.05) is 0 Å². The van der Waals surface area contributed by atoms with Crippen molar-refractivity contribution in [2.24, 2.45) is 0 Å². The standard InChI is InChI=1S/C11H15FO3Si/c1-7-8(12)5-6-9(10(7)11(13)14)15-16(2,3)4/h5-6H,1-4H3,(H,13,14). The van der Waals surface area contributed by atoms with E-state index < -0.39 is 20.1 Å². The van der Waals surface area contributed by atoms with E-state index in [0.29, 0.717) is 0 Å². The molecule has 0 aliphatic heterocycles. The zero-order valence-corrected chi connectivity index (χ0v) is 10.8. The molecule has 0 fully saturated rings. The number of aromatic carboxylic acids is 1. The molecule has 0 amide bonds. The Labute approximate surface area is 95.0 Å². The van der Waals surface area contributed by atoms with Crippen LogP contribution in [0.3, 0.4) is 0 Å². The summed E-state index contributed by atoms with van der Waals surface area (Å²) in [5, 5.41) is 9.04. The lowest BCUT2D eigenvalue weighted by atomic mass is 10.1. The van der Waals surface area contributed by atoms with Gasteiger partial charge in [0.05, 0.1) is 0 Å². The molecule has 0 unspecified atom stereocenters. The fraction of sp³-hybridized carbons (Fsp3) is 0.364. The van der Waals surface area contributed by atoms with Crippen LogP contribution in [-0.2, 0) is 0 Å². The molecule has 88 valence electrons. The van der Waals surface area contributed by atoms with Gasteiger partial charge in [-0.3, -0.25) is 0 Å². The maximum Gasteiger partial charge on any atom is 0.339 e. The van der Waals surface area contributed by atoms with Crippen molar-refractivity contribution in [1.29, 1.82) is 0 Å². The van der Waals surface area contributed by atoms with Gasteiger partial charge in [0, 0.05) is 5.56 Å². The average molecular weight is 242 g/mol. The third-order valence-electron chi connectivity index (χ3n) is 1.99. The number of halogens is 1. The van der Waals surface area contributed by atoms with Gasteiger partial charge in [-0.05, 0) is 38.7 Å². The molecular formula is C11H15FO3Si. The summed E-state index contributed by atoms with van der Waals surface area (Å²) in [5.74, 6) is -1.43. The summed E-state index contributed by atoms with van der Waals surface area (Å²) in [7, 11) is -1.90. The quantitative estimate of drug-likeness (QED) is 0.829. The van der Waals surface area contributed by atoms with Crippen LogP contribution >= 0.6 is 0 Å². The molecule has 0 saturated heterocycles. The molecule has 3 nitrogen and oxygen atoms in total. The van der Waals surface area contributed by atoms with Crippen molar-refractivity contribution in [2.45, 2.75) is 26.6 Å². The smallest absolute Gasteiger partial charge is 0.339 e. The third-order valence-corrected chi connectivity index (χ3v) is 2.82. The van der Waals surface area contributed by atoms with Gasteiger partial charge in [-0.2, -0.15) is 0 Å². The first-order valence-electron chi connectivity index (χ1n) is 4.94. The maximum atomic E-state index is 13.2. The molecule has 0 radical (unpaired) electrons. The summed E-state index contributed by atoms with van der Waals surface area (Å²) < 4.78 is 18.9. The first-order chi connectivity index (χ1) is 7.22. The van der Waals surface area contributed by atoms with Crippen molar-refractivity contribution >= 4 is 14.3 Å². The van der Waals surface area contributed by atoms with E-state index >= 15 is 0 Å². The summed E-state index contributed by atoms with van der Waals surface area (Å²) in [6, 6.07) is 2.61. The molecule has 16 heavy (non-hydrogen) atoms. The second kappa shape index (κ2) is 4.25. The van der Waals surface area contributed by atoms with Crippen LogP contribution in [0.25, 0.3) is 0 Å². The van der Waals surface area contributed by atoms with E-state index in [2.05, 4.69) is 0 Å². The third kappa shape index (κ3) is 2.82. The molecule has 0 atom stereocenters. The Morgan fingerprint density at radius 1 is 1.38 bits per heavy atom. The van der Waals surface area contributed by atoms with Gasteiger partial charge in [0.1, 0.15) is 17.1 Å². The first-order valence-corrected chi connectivity index (χ1v) is 8.34. The number of carbonyl (C=O) groups is 1. The Morgan fingerprint density at radius 2 is 1.94 bits per heavy atom. The fourth-order valence-corrected chi connectivity index (χ4v) is 2.17. The van der Waals surface area contributed by atoms with Gasteiger partial charge < -0.3 is 9.53 Å². The Kier molecular flexibility index (Phi) is 3.37. The first kappa shape index (κ1) is 12.7. The van der Waals surface area contributed by atoms with E-state index in [4.69, 9.17) is 9.53 Å². The Balaban J connectivity index is 3.29. The molecule has 0 heterocycles. The number of carboxylic acid groups (broad SMARTS) is 1. The van der Waals surface area contributed by atoms with Gasteiger partial charge in [0.2, 0.25) is 8.32 Å². The second-order valence-electron chi connectivity index (χ2n) is 4.57. The van der Waals surface area contributed by atoms with Crippen molar-refractivity contribution in [3.05, 3.63) is 29.1 Å². The molecule has 0 aliphatic carbocycles. The lowest BCUT2D eigenvalue weighted by Crippen LogP contribution is -2.30. The normalized spacial score (nSPS) is 11.3. The van der Waals surface area contributed by atoms with E-state index in [1.165, 1.54) is 19.1 Å². The molecule has 1 aromatic rings. The number of rotatable bonds is 3. The van der Waals surface area contributed by atoms with Crippen molar-refractivity contribution in [2.75, 3.05) is 0 Å². The minimum absolute atomic E-state index is 0.0811. The minimum Gasteiger partial charge on any atom is -0.544 e. The highest BCUT2D eigenvalue weighted by Gasteiger charge is 2.23. The lowest BCUT2D eigenvalue weighted by Gasteiger charge is -2.21. The van der Waals surface area contributed by atoms with E-state index in [1.807, 2.05) is 19.6 Å². The average Bonchev–Trinajstić information content (AvgIpc) is 2.08. The van der Waals surface area contributed by atoms with E-state index in [1.54, 1.807) is 0 Å². The van der Waals surface area contributed by atoms with E-state index in [-0.39, 0.29) is 16.9 Å². The molecule has 1 rings (SSSR count). The van der Waals surface area contributed by atoms with Gasteiger partial charge in [-0.15, -0.1) is 0 Å². The topological polar surface area (TPSA) is 46.5 Å². The van der Waals surface area contributed by atoms with Gasteiger partial charge in [0.25, 0.3) is 0 Å². The van der Waals surface area contributed by atoms with Crippen LogP contribution in [0.2, 0.25) is 19.6 Å². The van der Waals surface area contributed by atoms with Crippen LogP contribution in [0.1, 0.15) is 15.9 Å². The molecule has 0 saturated carbocycles. The molecule has 0 aromatic heterocycles. The molecule has 0 spiro atoms. The Morgan fingerprint density at radius 3 is 2.38 bits per heavy atom. The van der Waals surface area contributed by atoms with Crippen LogP contribution in [0.4, 0.5) is 4.39 Å². The summed E-state index contributed by atoms with van der Waals surface area (Å²) in [6.45, 7) is 7.27. The molecular weight excluding hydrogens is 227 g/mol. The highest BCUT2D eigenvalue weighted by Crippen LogP contribution is 2.26.